The minimum absolute atomic E-state index is 0.278. The second kappa shape index (κ2) is 12.7. The molecule has 0 saturated carbocycles. The molecular weight excluding hydrogens is 262 g/mol. The van der Waals surface area contributed by atoms with Crippen molar-refractivity contribution in [3.05, 3.63) is 0 Å². The molecule has 0 aliphatic heterocycles. The lowest BCUT2D eigenvalue weighted by Crippen LogP contribution is -2.39. The Balaban J connectivity index is -0.000000209. The number of rotatable bonds is 4. The number of nitrogens with two attached hydrogens (primary N) is 3. The summed E-state index contributed by atoms with van der Waals surface area (Å²) in [6.45, 7) is 2.47. The van der Waals surface area contributed by atoms with Gasteiger partial charge in [0, 0.05) is 0 Å². The Labute approximate surface area is 109 Å². The van der Waals surface area contributed by atoms with Crippen LogP contribution in [-0.4, -0.2) is 63.1 Å². The van der Waals surface area contributed by atoms with Crippen molar-refractivity contribution < 1.29 is 34.8 Å². The Bertz CT molecular complexity index is 281. The fourth-order valence-electron chi connectivity index (χ4n) is 0.206. The maximum atomic E-state index is 9.86. The summed E-state index contributed by atoms with van der Waals surface area (Å²) in [5.74, 6) is -3.11. The summed E-state index contributed by atoms with van der Waals surface area (Å²) in [6.07, 6.45) is -0.979. The van der Waals surface area contributed by atoms with Crippen molar-refractivity contribution in [1.29, 1.82) is 0 Å². The molecule has 0 aromatic carbocycles. The molecular formula is C9H21N3O7. The van der Waals surface area contributed by atoms with Crippen LogP contribution in [0.15, 0.2) is 0 Å². The molecule has 0 spiro atoms. The Kier molecular flexibility index (Phi) is 15.0. The number of carboxylic acids is 3. The van der Waals surface area contributed by atoms with E-state index in [1.165, 1.54) is 13.8 Å². The van der Waals surface area contributed by atoms with Crippen molar-refractivity contribution in [2.75, 3.05) is 6.54 Å². The lowest BCUT2D eigenvalue weighted by molar-refractivity contribution is -0.141. The average Bonchev–Trinajstić information content (AvgIpc) is 2.28. The Morgan fingerprint density at radius 2 is 1.26 bits per heavy atom. The number of hydrogen-bond donors (Lipinski definition) is 7. The molecule has 0 bridgehead atoms. The van der Waals surface area contributed by atoms with Crippen LogP contribution in [0.2, 0.25) is 0 Å². The second-order valence-corrected chi connectivity index (χ2v) is 3.33. The lowest BCUT2D eigenvalue weighted by atomic mass is 10.2. The van der Waals surface area contributed by atoms with Gasteiger partial charge >= 0.3 is 17.9 Å². The van der Waals surface area contributed by atoms with Crippen LogP contribution < -0.4 is 17.2 Å². The maximum absolute atomic E-state index is 9.86. The first kappa shape index (κ1) is 22.4. The van der Waals surface area contributed by atoms with Gasteiger partial charge < -0.3 is 37.6 Å². The van der Waals surface area contributed by atoms with E-state index in [1.807, 2.05) is 0 Å². The average molecular weight is 283 g/mol. The van der Waals surface area contributed by atoms with Crippen molar-refractivity contribution in [2.24, 2.45) is 17.2 Å². The molecule has 0 amide bonds. The van der Waals surface area contributed by atoms with E-state index in [1.54, 1.807) is 0 Å². The largest absolute Gasteiger partial charge is 0.480 e. The van der Waals surface area contributed by atoms with Crippen LogP contribution in [0.4, 0.5) is 0 Å². The van der Waals surface area contributed by atoms with Crippen molar-refractivity contribution in [3.8, 4) is 0 Å². The van der Waals surface area contributed by atoms with Crippen LogP contribution in [0.5, 0.6) is 0 Å². The molecule has 0 fully saturated rings. The van der Waals surface area contributed by atoms with Crippen LogP contribution in [0.1, 0.15) is 13.8 Å². The third-order valence-corrected chi connectivity index (χ3v) is 1.37. The van der Waals surface area contributed by atoms with E-state index in [0.29, 0.717) is 0 Å². The van der Waals surface area contributed by atoms with Gasteiger partial charge in [-0.1, -0.05) is 0 Å². The van der Waals surface area contributed by atoms with Crippen LogP contribution in [0.25, 0.3) is 0 Å². The van der Waals surface area contributed by atoms with Crippen molar-refractivity contribution in [1.82, 2.24) is 0 Å². The van der Waals surface area contributed by atoms with Gasteiger partial charge in [0.25, 0.3) is 0 Å². The van der Waals surface area contributed by atoms with Gasteiger partial charge in [-0.15, -0.1) is 0 Å². The Morgan fingerprint density at radius 3 is 1.26 bits per heavy atom. The van der Waals surface area contributed by atoms with Gasteiger partial charge in [0.1, 0.15) is 12.1 Å². The maximum Gasteiger partial charge on any atom is 0.323 e. The number of aliphatic hydroxyl groups excluding tert-OH is 1. The van der Waals surface area contributed by atoms with Gasteiger partial charge in [-0.25, -0.2) is 0 Å². The molecule has 10 heteroatoms. The van der Waals surface area contributed by atoms with Gasteiger partial charge in [0.2, 0.25) is 0 Å². The number of carbonyl (C=O) groups is 3. The summed E-state index contributed by atoms with van der Waals surface area (Å²) in [7, 11) is 0. The first-order valence-corrected chi connectivity index (χ1v) is 5.04. The molecule has 3 atom stereocenters. The highest BCUT2D eigenvalue weighted by Gasteiger charge is 2.16. The second-order valence-electron chi connectivity index (χ2n) is 3.33. The fourth-order valence-corrected chi connectivity index (χ4v) is 0.206. The topological polar surface area (TPSA) is 210 Å². The number of aliphatic hydroxyl groups is 1. The normalized spacial score (nSPS) is 13.6. The molecule has 10 N–H and O–H groups in total. The summed E-state index contributed by atoms with van der Waals surface area (Å²) in [4.78, 5) is 28.7. The highest BCUT2D eigenvalue weighted by Crippen LogP contribution is 1.85. The van der Waals surface area contributed by atoms with Gasteiger partial charge in [0.05, 0.1) is 12.6 Å². The monoisotopic (exact) mass is 283 g/mol. The molecule has 0 rings (SSSR count). The van der Waals surface area contributed by atoms with Gasteiger partial charge in [-0.2, -0.15) is 0 Å². The quantitative estimate of drug-likeness (QED) is 0.282. The fraction of sp³-hybridized carbons (Fsp3) is 0.667. The van der Waals surface area contributed by atoms with Crippen molar-refractivity contribution in [2.45, 2.75) is 32.0 Å². The third-order valence-electron chi connectivity index (χ3n) is 1.37. The Hall–Kier alpha value is -1.75. The van der Waals surface area contributed by atoms with Gasteiger partial charge in [-0.05, 0) is 13.8 Å². The van der Waals surface area contributed by atoms with Crippen LogP contribution >= 0.6 is 0 Å². The first-order chi connectivity index (χ1) is 8.47. The molecule has 0 aliphatic rings. The SMILES string of the molecule is C[C@@H](O)[C@H](N)C(=O)O.C[C@H](N)C(=O)O.NCC(=O)O. The molecule has 19 heavy (non-hydrogen) atoms. The molecule has 0 aromatic rings. The summed E-state index contributed by atoms with van der Waals surface area (Å²) in [5, 5.41) is 32.0. The zero-order chi connectivity index (χ0) is 16.2. The van der Waals surface area contributed by atoms with Crippen molar-refractivity contribution >= 4 is 17.9 Å². The molecule has 0 heterocycles. The highest BCUT2D eigenvalue weighted by atomic mass is 16.4. The molecule has 0 saturated heterocycles. The molecule has 0 radical (unpaired) electrons. The molecule has 0 unspecified atom stereocenters. The smallest absolute Gasteiger partial charge is 0.323 e. The van der Waals surface area contributed by atoms with E-state index in [-0.39, 0.29) is 6.54 Å². The van der Waals surface area contributed by atoms with Gasteiger partial charge in [-0.3, -0.25) is 14.4 Å². The first-order valence-electron chi connectivity index (χ1n) is 5.04. The van der Waals surface area contributed by atoms with Crippen LogP contribution in [-0.2, 0) is 14.4 Å². The highest BCUT2D eigenvalue weighted by molar-refractivity contribution is 5.73. The lowest BCUT2D eigenvalue weighted by Gasteiger charge is -2.06. The van der Waals surface area contributed by atoms with E-state index in [9.17, 15) is 14.4 Å². The molecule has 0 aromatic heterocycles. The van der Waals surface area contributed by atoms with Crippen molar-refractivity contribution in [3.63, 3.8) is 0 Å². The minimum Gasteiger partial charge on any atom is -0.480 e. The summed E-state index contributed by atoms with van der Waals surface area (Å²) >= 11 is 0. The molecule has 0 aliphatic carbocycles. The zero-order valence-corrected chi connectivity index (χ0v) is 10.7. The standard InChI is InChI=1S/C4H9NO3.C3H7NO2.C2H5NO2/c1-2(6)3(5)4(7)8;1-2(4)3(5)6;3-1-2(4)5/h2-3,6H,5H2,1H3,(H,7,8);2H,4H2,1H3,(H,5,6);1,3H2,(H,4,5)/t2-,3+;2-;/m10./s1. The molecule has 10 nitrogen and oxygen atoms in total. The van der Waals surface area contributed by atoms with E-state index in [0.717, 1.165) is 0 Å². The molecule has 114 valence electrons. The number of hydrogen-bond acceptors (Lipinski definition) is 7. The minimum atomic E-state index is -1.18. The summed E-state index contributed by atoms with van der Waals surface area (Å²) < 4.78 is 0. The van der Waals surface area contributed by atoms with Crippen LogP contribution in [0.3, 0.4) is 0 Å². The predicted octanol–water partition coefficient (Wildman–Crippen LogP) is -2.77. The zero-order valence-electron chi connectivity index (χ0n) is 10.7. The third kappa shape index (κ3) is 22.0. The van der Waals surface area contributed by atoms with E-state index in [2.05, 4.69) is 5.73 Å². The number of aliphatic carboxylic acids is 3. The van der Waals surface area contributed by atoms with E-state index < -0.39 is 36.1 Å². The summed E-state index contributed by atoms with van der Waals surface area (Å²) in [6, 6.07) is -1.89. The summed E-state index contributed by atoms with van der Waals surface area (Å²) in [5.41, 5.74) is 14.3. The van der Waals surface area contributed by atoms with E-state index in [4.69, 9.17) is 31.9 Å². The number of carboxylic acid groups (broad SMARTS) is 3. The predicted molar refractivity (Wildman–Crippen MR) is 65.3 cm³/mol. The Morgan fingerprint density at radius 1 is 1.00 bits per heavy atom. The van der Waals surface area contributed by atoms with Crippen LogP contribution in [0, 0.1) is 0 Å². The van der Waals surface area contributed by atoms with E-state index >= 15 is 0 Å². The van der Waals surface area contributed by atoms with Gasteiger partial charge in [0.15, 0.2) is 0 Å².